The summed E-state index contributed by atoms with van der Waals surface area (Å²) >= 11 is 1.31. The third-order valence-electron chi connectivity index (χ3n) is 4.70. The molecule has 0 saturated carbocycles. The first kappa shape index (κ1) is 20.0. The minimum Gasteiger partial charge on any atom is -0.493 e. The Kier molecular flexibility index (Phi) is 5.99. The fourth-order valence-corrected chi connectivity index (χ4v) is 3.86. The summed E-state index contributed by atoms with van der Waals surface area (Å²) < 4.78 is 7.39. The Bertz CT molecular complexity index is 1050. The number of thioether (sulfide) groups is 1. The lowest BCUT2D eigenvalue weighted by Gasteiger charge is -2.26. The highest BCUT2D eigenvalue weighted by Crippen LogP contribution is 2.31. The van der Waals surface area contributed by atoms with Crippen LogP contribution in [0.3, 0.4) is 0 Å². The van der Waals surface area contributed by atoms with Gasteiger partial charge >= 0.3 is 0 Å². The van der Waals surface area contributed by atoms with Gasteiger partial charge in [-0.3, -0.25) is 9.59 Å². The largest absolute Gasteiger partial charge is 0.493 e. The number of benzene rings is 2. The number of hydrogen-bond acceptors (Lipinski definition) is 6. The molecule has 0 fully saturated rings. The number of carbonyl (C=O) groups excluding carboxylic acids is 2. The summed E-state index contributed by atoms with van der Waals surface area (Å²) in [5, 5.41) is 14.3. The molecule has 8 nitrogen and oxygen atoms in total. The van der Waals surface area contributed by atoms with Gasteiger partial charge in [0.15, 0.2) is 5.16 Å². The van der Waals surface area contributed by atoms with E-state index in [4.69, 9.17) is 4.74 Å². The fraction of sp³-hybridized carbons (Fsp3) is 0.238. The molecule has 2 amide bonds. The molecule has 154 valence electrons. The number of anilines is 1. The third kappa shape index (κ3) is 4.62. The number of nitrogens with zero attached hydrogens (tertiary/aromatic N) is 3. The van der Waals surface area contributed by atoms with E-state index in [2.05, 4.69) is 20.8 Å². The third-order valence-corrected chi connectivity index (χ3v) is 5.73. The molecule has 2 heterocycles. The highest BCUT2D eigenvalue weighted by molar-refractivity contribution is 7.99. The second-order valence-electron chi connectivity index (χ2n) is 6.84. The number of aromatic nitrogens is 3. The van der Waals surface area contributed by atoms with E-state index in [1.807, 2.05) is 31.3 Å². The standard InChI is InChI=1S/C21H21N5O3S/c1-26-13-22-25-21(26)30-12-19(27)23-15-8-6-14(7-9-15)20(28)24-17-10-11-29-18-5-3-2-4-16(17)18/h2-9,13,17H,10-12H2,1H3,(H,23,27)(H,24,28)/t17-/m0/s1. The molecule has 0 bridgehead atoms. The number of aryl methyl sites for hydroxylation is 1. The van der Waals surface area contributed by atoms with Gasteiger partial charge in [-0.25, -0.2) is 0 Å². The first-order valence-electron chi connectivity index (χ1n) is 9.49. The predicted molar refractivity (Wildman–Crippen MR) is 114 cm³/mol. The number of hydrogen-bond donors (Lipinski definition) is 2. The summed E-state index contributed by atoms with van der Waals surface area (Å²) in [7, 11) is 1.82. The molecule has 1 aromatic heterocycles. The van der Waals surface area contributed by atoms with Gasteiger partial charge in [-0.2, -0.15) is 0 Å². The van der Waals surface area contributed by atoms with E-state index in [1.54, 1.807) is 35.2 Å². The van der Waals surface area contributed by atoms with Crippen LogP contribution in [0.15, 0.2) is 60.0 Å². The maximum atomic E-state index is 12.7. The van der Waals surface area contributed by atoms with Crippen LogP contribution in [0.5, 0.6) is 5.75 Å². The van der Waals surface area contributed by atoms with Crippen LogP contribution in [0.25, 0.3) is 0 Å². The zero-order chi connectivity index (χ0) is 20.9. The predicted octanol–water partition coefficient (Wildman–Crippen LogP) is 2.80. The van der Waals surface area contributed by atoms with Crippen molar-refractivity contribution in [3.63, 3.8) is 0 Å². The van der Waals surface area contributed by atoms with Crippen molar-refractivity contribution in [2.75, 3.05) is 17.7 Å². The Morgan fingerprint density at radius 1 is 1.20 bits per heavy atom. The van der Waals surface area contributed by atoms with Gasteiger partial charge in [-0.1, -0.05) is 30.0 Å². The molecule has 1 aliphatic heterocycles. The van der Waals surface area contributed by atoms with Crippen molar-refractivity contribution >= 4 is 29.3 Å². The molecular formula is C21H21N5O3S. The van der Waals surface area contributed by atoms with Crippen LogP contribution in [0, 0.1) is 0 Å². The van der Waals surface area contributed by atoms with E-state index in [0.29, 0.717) is 23.0 Å². The highest BCUT2D eigenvalue weighted by Gasteiger charge is 2.23. The average molecular weight is 423 g/mol. The molecule has 2 N–H and O–H groups in total. The number of para-hydroxylation sites is 1. The van der Waals surface area contributed by atoms with Gasteiger partial charge < -0.3 is 19.9 Å². The minimum absolute atomic E-state index is 0.0838. The van der Waals surface area contributed by atoms with Crippen molar-refractivity contribution < 1.29 is 14.3 Å². The van der Waals surface area contributed by atoms with Crippen molar-refractivity contribution in [2.45, 2.75) is 17.6 Å². The monoisotopic (exact) mass is 423 g/mol. The van der Waals surface area contributed by atoms with Crippen LogP contribution >= 0.6 is 11.8 Å². The number of carbonyl (C=O) groups is 2. The van der Waals surface area contributed by atoms with Gasteiger partial charge in [0.05, 0.1) is 18.4 Å². The van der Waals surface area contributed by atoms with E-state index in [-0.39, 0.29) is 23.6 Å². The lowest BCUT2D eigenvalue weighted by Crippen LogP contribution is -2.32. The van der Waals surface area contributed by atoms with Crippen molar-refractivity contribution in [3.8, 4) is 5.75 Å². The average Bonchev–Trinajstić information content (AvgIpc) is 3.18. The van der Waals surface area contributed by atoms with Gasteiger partial charge in [0.1, 0.15) is 12.1 Å². The summed E-state index contributed by atoms with van der Waals surface area (Å²) in [6.07, 6.45) is 2.31. The number of fused-ring (bicyclic) bond motifs is 1. The number of nitrogens with one attached hydrogen (secondary N) is 2. The number of ether oxygens (including phenoxy) is 1. The summed E-state index contributed by atoms with van der Waals surface area (Å²) in [6.45, 7) is 0.569. The Morgan fingerprint density at radius 2 is 2.00 bits per heavy atom. The smallest absolute Gasteiger partial charge is 0.251 e. The molecule has 0 radical (unpaired) electrons. The second kappa shape index (κ2) is 9.00. The van der Waals surface area contributed by atoms with Crippen LogP contribution in [-0.4, -0.2) is 38.9 Å². The first-order chi connectivity index (χ1) is 14.6. The molecule has 0 spiro atoms. The molecule has 3 aromatic rings. The van der Waals surface area contributed by atoms with Crippen LogP contribution < -0.4 is 15.4 Å². The second-order valence-corrected chi connectivity index (χ2v) is 7.78. The summed E-state index contributed by atoms with van der Waals surface area (Å²) in [6, 6.07) is 14.5. The van der Waals surface area contributed by atoms with Crippen molar-refractivity contribution in [1.82, 2.24) is 20.1 Å². The zero-order valence-electron chi connectivity index (χ0n) is 16.4. The van der Waals surface area contributed by atoms with Crippen molar-refractivity contribution in [2.24, 2.45) is 7.05 Å². The van der Waals surface area contributed by atoms with E-state index >= 15 is 0 Å². The van der Waals surface area contributed by atoms with E-state index in [1.165, 1.54) is 11.8 Å². The van der Waals surface area contributed by atoms with Gasteiger partial charge in [-0.15, -0.1) is 10.2 Å². The zero-order valence-corrected chi connectivity index (χ0v) is 17.2. The Morgan fingerprint density at radius 3 is 2.77 bits per heavy atom. The van der Waals surface area contributed by atoms with Gasteiger partial charge in [0.25, 0.3) is 5.91 Å². The minimum atomic E-state index is -0.160. The van der Waals surface area contributed by atoms with Crippen LogP contribution in [0.1, 0.15) is 28.4 Å². The van der Waals surface area contributed by atoms with Crippen molar-refractivity contribution in [3.05, 3.63) is 66.0 Å². The van der Waals surface area contributed by atoms with E-state index < -0.39 is 0 Å². The molecule has 1 aliphatic rings. The van der Waals surface area contributed by atoms with Gasteiger partial charge in [0, 0.05) is 30.3 Å². The lowest BCUT2D eigenvalue weighted by molar-refractivity contribution is -0.113. The van der Waals surface area contributed by atoms with Crippen LogP contribution in [-0.2, 0) is 11.8 Å². The normalized spacial score (nSPS) is 15.0. The summed E-state index contributed by atoms with van der Waals surface area (Å²) in [4.78, 5) is 24.8. The topological polar surface area (TPSA) is 98.1 Å². The lowest BCUT2D eigenvalue weighted by atomic mass is 10.00. The molecule has 1 atom stereocenters. The molecule has 0 aliphatic carbocycles. The Balaban J connectivity index is 1.32. The number of rotatable bonds is 6. The molecule has 0 saturated heterocycles. The molecule has 2 aromatic carbocycles. The molecule has 0 unspecified atom stereocenters. The fourth-order valence-electron chi connectivity index (χ4n) is 3.17. The molecular weight excluding hydrogens is 402 g/mol. The molecule has 4 rings (SSSR count). The highest BCUT2D eigenvalue weighted by atomic mass is 32.2. The Labute approximate surface area is 178 Å². The summed E-state index contributed by atoms with van der Waals surface area (Å²) in [5.74, 6) is 0.718. The van der Waals surface area contributed by atoms with Gasteiger partial charge in [-0.05, 0) is 30.3 Å². The van der Waals surface area contributed by atoms with Crippen molar-refractivity contribution in [1.29, 1.82) is 0 Å². The van der Waals surface area contributed by atoms with Crippen LogP contribution in [0.2, 0.25) is 0 Å². The first-order valence-corrected chi connectivity index (χ1v) is 10.5. The van der Waals surface area contributed by atoms with Gasteiger partial charge in [0.2, 0.25) is 5.91 Å². The number of amides is 2. The molecule has 30 heavy (non-hydrogen) atoms. The summed E-state index contributed by atoms with van der Waals surface area (Å²) in [5.41, 5.74) is 2.15. The maximum absolute atomic E-state index is 12.7. The quantitative estimate of drug-likeness (QED) is 0.592. The molecule has 9 heteroatoms. The SMILES string of the molecule is Cn1cnnc1SCC(=O)Nc1ccc(C(=O)N[C@H]2CCOc3ccccc32)cc1. The van der Waals surface area contributed by atoms with E-state index in [0.717, 1.165) is 17.7 Å². The van der Waals surface area contributed by atoms with Crippen LogP contribution in [0.4, 0.5) is 5.69 Å². The Hall–Kier alpha value is -3.33. The van der Waals surface area contributed by atoms with E-state index in [9.17, 15) is 9.59 Å². The maximum Gasteiger partial charge on any atom is 0.251 e.